The van der Waals surface area contributed by atoms with Crippen molar-refractivity contribution in [2.75, 3.05) is 6.61 Å². The lowest BCUT2D eigenvalue weighted by Gasteiger charge is -2.20. The van der Waals surface area contributed by atoms with Gasteiger partial charge in [0.2, 0.25) is 0 Å². The molecule has 3 aromatic carbocycles. The van der Waals surface area contributed by atoms with E-state index in [2.05, 4.69) is 15.8 Å². The molecule has 0 aliphatic rings. The highest BCUT2D eigenvalue weighted by atomic mass is 19.1. The van der Waals surface area contributed by atoms with Crippen molar-refractivity contribution in [1.29, 1.82) is 0 Å². The van der Waals surface area contributed by atoms with Crippen molar-refractivity contribution >= 4 is 28.8 Å². The van der Waals surface area contributed by atoms with Crippen molar-refractivity contribution in [3.05, 3.63) is 77.6 Å². The van der Waals surface area contributed by atoms with Crippen LogP contribution in [0.15, 0.2) is 65.8 Å². The van der Waals surface area contributed by atoms with Gasteiger partial charge < -0.3 is 10.1 Å². The second-order valence-corrected chi connectivity index (χ2v) is 7.57. The number of hydrogen-bond acceptors (Lipinski definition) is 4. The summed E-state index contributed by atoms with van der Waals surface area (Å²) in [5.41, 5.74) is 3.60. The van der Waals surface area contributed by atoms with Gasteiger partial charge in [-0.25, -0.2) is 9.82 Å². The smallest absolute Gasteiger partial charge is 0.262 e. The van der Waals surface area contributed by atoms with E-state index in [4.69, 9.17) is 4.74 Å². The molecule has 0 bridgehead atoms. The number of carbonyl (C=O) groups is 2. The lowest BCUT2D eigenvalue weighted by atomic mass is 10.0. The number of nitrogens with zero attached hydrogens (tertiary/aromatic N) is 1. The average molecular weight is 435 g/mol. The van der Waals surface area contributed by atoms with Crippen LogP contribution in [-0.2, 0) is 4.79 Å². The second kappa shape index (κ2) is 10.5. The molecular formula is C25H26FN3O3. The summed E-state index contributed by atoms with van der Waals surface area (Å²) >= 11 is 0. The Morgan fingerprint density at radius 1 is 1.03 bits per heavy atom. The number of halogens is 1. The minimum absolute atomic E-state index is 0.180. The van der Waals surface area contributed by atoms with Gasteiger partial charge in [-0.1, -0.05) is 38.1 Å². The van der Waals surface area contributed by atoms with Crippen molar-refractivity contribution < 1.29 is 18.7 Å². The zero-order valence-corrected chi connectivity index (χ0v) is 18.3. The first-order valence-corrected chi connectivity index (χ1v) is 10.4. The Hall–Kier alpha value is -3.74. The Morgan fingerprint density at radius 3 is 2.38 bits per heavy atom. The molecule has 0 heterocycles. The number of fused-ring (bicyclic) bond motifs is 1. The van der Waals surface area contributed by atoms with E-state index in [1.54, 1.807) is 6.21 Å². The fourth-order valence-corrected chi connectivity index (χ4v) is 3.28. The number of benzene rings is 3. The van der Waals surface area contributed by atoms with Gasteiger partial charge in [0.25, 0.3) is 11.8 Å². The maximum Gasteiger partial charge on any atom is 0.262 e. The number of nitrogens with one attached hydrogen (secondary N) is 2. The van der Waals surface area contributed by atoms with Crippen LogP contribution in [0, 0.1) is 11.7 Å². The first-order valence-electron chi connectivity index (χ1n) is 10.4. The monoisotopic (exact) mass is 435 g/mol. The molecule has 0 aliphatic carbocycles. The maximum absolute atomic E-state index is 13.1. The third-order valence-corrected chi connectivity index (χ3v) is 4.94. The molecule has 0 fully saturated rings. The van der Waals surface area contributed by atoms with E-state index >= 15 is 0 Å². The molecule has 3 aromatic rings. The van der Waals surface area contributed by atoms with Crippen molar-refractivity contribution in [3.63, 3.8) is 0 Å². The van der Waals surface area contributed by atoms with Crippen LogP contribution in [0.25, 0.3) is 10.8 Å². The molecule has 32 heavy (non-hydrogen) atoms. The summed E-state index contributed by atoms with van der Waals surface area (Å²) in [7, 11) is 0. The van der Waals surface area contributed by atoms with E-state index in [0.29, 0.717) is 6.61 Å². The molecule has 0 aromatic heterocycles. The Labute approximate surface area is 186 Å². The predicted molar refractivity (Wildman–Crippen MR) is 123 cm³/mol. The van der Waals surface area contributed by atoms with Crippen molar-refractivity contribution in [2.24, 2.45) is 11.0 Å². The summed E-state index contributed by atoms with van der Waals surface area (Å²) in [6, 6.07) is 15.9. The molecule has 0 spiro atoms. The van der Waals surface area contributed by atoms with Crippen LogP contribution < -0.4 is 15.5 Å². The number of ether oxygens (including phenoxy) is 1. The lowest BCUT2D eigenvalue weighted by molar-refractivity contribution is -0.123. The van der Waals surface area contributed by atoms with Crippen LogP contribution in [0.2, 0.25) is 0 Å². The van der Waals surface area contributed by atoms with Gasteiger partial charge >= 0.3 is 0 Å². The molecular weight excluding hydrogens is 409 g/mol. The van der Waals surface area contributed by atoms with Crippen LogP contribution in [0.5, 0.6) is 5.75 Å². The van der Waals surface area contributed by atoms with Gasteiger partial charge in [-0.05, 0) is 54.6 Å². The van der Waals surface area contributed by atoms with Crippen LogP contribution in [0.1, 0.15) is 36.7 Å². The van der Waals surface area contributed by atoms with Crippen LogP contribution in [-0.4, -0.2) is 30.7 Å². The average Bonchev–Trinajstić information content (AvgIpc) is 2.79. The van der Waals surface area contributed by atoms with E-state index in [1.165, 1.54) is 24.3 Å². The third-order valence-electron chi connectivity index (χ3n) is 4.94. The first-order chi connectivity index (χ1) is 15.4. The van der Waals surface area contributed by atoms with Crippen molar-refractivity contribution in [2.45, 2.75) is 26.8 Å². The number of hydrazone groups is 1. The fourth-order valence-electron chi connectivity index (χ4n) is 3.28. The van der Waals surface area contributed by atoms with E-state index in [1.807, 2.05) is 57.2 Å². The lowest BCUT2D eigenvalue weighted by Crippen LogP contribution is -2.48. The summed E-state index contributed by atoms with van der Waals surface area (Å²) in [6.45, 7) is 6.13. The molecule has 7 heteroatoms. The van der Waals surface area contributed by atoms with Crippen molar-refractivity contribution in [1.82, 2.24) is 10.7 Å². The number of rotatable bonds is 8. The SMILES string of the molecule is CCOc1ccc(/C=N/NC(=O)C(NC(=O)c2ccc(F)cc2)C(C)C)c2ccccc12. The van der Waals surface area contributed by atoms with Crippen LogP contribution in [0.4, 0.5) is 4.39 Å². The van der Waals surface area contributed by atoms with Crippen LogP contribution in [0.3, 0.4) is 0 Å². The molecule has 0 saturated heterocycles. The zero-order valence-electron chi connectivity index (χ0n) is 18.3. The van der Waals surface area contributed by atoms with Gasteiger partial charge in [-0.15, -0.1) is 0 Å². The molecule has 2 N–H and O–H groups in total. The highest BCUT2D eigenvalue weighted by Crippen LogP contribution is 2.27. The molecule has 0 saturated carbocycles. The molecule has 1 atom stereocenters. The predicted octanol–water partition coefficient (Wildman–Crippen LogP) is 4.28. The normalized spacial score (nSPS) is 12.2. The molecule has 2 amide bonds. The Bertz CT molecular complexity index is 1130. The molecule has 6 nitrogen and oxygen atoms in total. The summed E-state index contributed by atoms with van der Waals surface area (Å²) in [5.74, 6) is -0.730. The highest BCUT2D eigenvalue weighted by molar-refractivity contribution is 6.03. The maximum atomic E-state index is 13.1. The Morgan fingerprint density at radius 2 is 1.72 bits per heavy atom. The van der Waals surface area contributed by atoms with Gasteiger partial charge in [-0.2, -0.15) is 5.10 Å². The summed E-state index contributed by atoms with van der Waals surface area (Å²) < 4.78 is 18.8. The summed E-state index contributed by atoms with van der Waals surface area (Å²) in [5, 5.41) is 8.68. The van der Waals surface area contributed by atoms with E-state index in [0.717, 1.165) is 22.1 Å². The van der Waals surface area contributed by atoms with Gasteiger partial charge in [-0.3, -0.25) is 9.59 Å². The van der Waals surface area contributed by atoms with Gasteiger partial charge in [0.15, 0.2) is 0 Å². The minimum Gasteiger partial charge on any atom is -0.493 e. The quantitative estimate of drug-likeness (QED) is 0.409. The van der Waals surface area contributed by atoms with Crippen molar-refractivity contribution in [3.8, 4) is 5.75 Å². The molecule has 3 rings (SSSR count). The van der Waals surface area contributed by atoms with Gasteiger partial charge in [0.1, 0.15) is 17.6 Å². The summed E-state index contributed by atoms with van der Waals surface area (Å²) in [6.07, 6.45) is 1.56. The number of amides is 2. The Balaban J connectivity index is 1.72. The number of carbonyl (C=O) groups excluding carboxylic acids is 2. The van der Waals surface area contributed by atoms with Gasteiger partial charge in [0.05, 0.1) is 12.8 Å². The minimum atomic E-state index is -0.804. The largest absolute Gasteiger partial charge is 0.493 e. The molecule has 1 unspecified atom stereocenters. The van der Waals surface area contributed by atoms with E-state index in [-0.39, 0.29) is 11.5 Å². The molecule has 0 radical (unpaired) electrons. The number of hydrogen-bond donors (Lipinski definition) is 2. The topological polar surface area (TPSA) is 79.8 Å². The van der Waals surface area contributed by atoms with E-state index in [9.17, 15) is 14.0 Å². The molecule has 166 valence electrons. The van der Waals surface area contributed by atoms with Gasteiger partial charge in [0, 0.05) is 16.5 Å². The third kappa shape index (κ3) is 5.49. The van der Waals surface area contributed by atoms with Crippen LogP contribution >= 0.6 is 0 Å². The summed E-state index contributed by atoms with van der Waals surface area (Å²) in [4.78, 5) is 25.1. The first kappa shape index (κ1) is 22.9. The zero-order chi connectivity index (χ0) is 23.1. The van der Waals surface area contributed by atoms with E-state index < -0.39 is 23.7 Å². The fraction of sp³-hybridized carbons (Fsp3) is 0.240. The standard InChI is InChI=1S/C25H26FN3O3/c1-4-32-22-14-11-18(20-7-5-6-8-21(20)22)15-27-29-25(31)23(16(2)3)28-24(30)17-9-12-19(26)13-10-17/h5-16,23H,4H2,1-3H3,(H,28,30)(H,29,31)/b27-15+. The second-order valence-electron chi connectivity index (χ2n) is 7.57. The Kier molecular flexibility index (Phi) is 7.54. The highest BCUT2D eigenvalue weighted by Gasteiger charge is 2.24. The molecule has 0 aliphatic heterocycles.